The molecule has 0 unspecified atom stereocenters. The Hall–Kier alpha value is -4.01. The zero-order chi connectivity index (χ0) is 25.8. The lowest BCUT2D eigenvalue weighted by Gasteiger charge is -2.26. The average molecular weight is 566 g/mol. The molecule has 7 nitrogen and oxygen atoms in total. The van der Waals surface area contributed by atoms with E-state index in [2.05, 4.69) is 21.2 Å². The molecule has 180 valence electrons. The lowest BCUT2D eigenvalue weighted by atomic mass is 10.1. The summed E-state index contributed by atoms with van der Waals surface area (Å²) in [5.41, 5.74) is 2.01. The third kappa shape index (κ3) is 5.79. The van der Waals surface area contributed by atoms with Crippen molar-refractivity contribution in [3.05, 3.63) is 105 Å². The molecular formula is C27H18BrClN2O5. The number of aryl methyl sites for hydroxylation is 1. The van der Waals surface area contributed by atoms with Gasteiger partial charge in [0.05, 0.1) is 5.69 Å². The fraction of sp³-hybridized carbons (Fsp3) is 0.0370. The van der Waals surface area contributed by atoms with Crippen molar-refractivity contribution in [3.63, 3.8) is 0 Å². The highest BCUT2D eigenvalue weighted by Gasteiger charge is 2.37. The molecule has 36 heavy (non-hydrogen) atoms. The van der Waals surface area contributed by atoms with Crippen LogP contribution in [0.15, 0.2) is 82.9 Å². The Bertz CT molecular complexity index is 1430. The summed E-state index contributed by atoms with van der Waals surface area (Å²) in [6.45, 7) is 1.87. The number of halogens is 2. The van der Waals surface area contributed by atoms with Crippen molar-refractivity contribution in [1.82, 2.24) is 5.32 Å². The second kappa shape index (κ2) is 10.7. The molecule has 3 aromatic rings. The van der Waals surface area contributed by atoms with E-state index in [4.69, 9.17) is 16.3 Å². The van der Waals surface area contributed by atoms with Gasteiger partial charge in [-0.2, -0.15) is 0 Å². The van der Waals surface area contributed by atoms with Crippen LogP contribution in [-0.2, 0) is 14.4 Å². The Labute approximate surface area is 220 Å². The van der Waals surface area contributed by atoms with Crippen molar-refractivity contribution in [2.24, 2.45) is 0 Å². The smallest absolute Gasteiger partial charge is 0.336 e. The number of hydrogen-bond acceptors (Lipinski definition) is 5. The molecule has 0 bridgehead atoms. The lowest BCUT2D eigenvalue weighted by molar-refractivity contribution is -0.129. The monoisotopic (exact) mass is 564 g/mol. The summed E-state index contributed by atoms with van der Waals surface area (Å²) in [7, 11) is 0. The number of urea groups is 1. The Kier molecular flexibility index (Phi) is 7.47. The van der Waals surface area contributed by atoms with Gasteiger partial charge in [-0.05, 0) is 67.1 Å². The molecule has 4 rings (SSSR count). The van der Waals surface area contributed by atoms with Gasteiger partial charge >= 0.3 is 12.0 Å². The van der Waals surface area contributed by atoms with Crippen LogP contribution in [0.25, 0.3) is 12.2 Å². The highest BCUT2D eigenvalue weighted by atomic mass is 79.9. The van der Waals surface area contributed by atoms with Crippen LogP contribution in [0.4, 0.5) is 10.5 Å². The molecule has 0 aliphatic carbocycles. The van der Waals surface area contributed by atoms with E-state index in [1.165, 1.54) is 18.2 Å². The SMILES string of the molecule is Cc1ccc(N2C(=O)NC(=O)/C(=C/c3cc(Br)ccc3OC(=O)/C=C/c3ccc(Cl)cc3)C2=O)cc1. The second-order valence-corrected chi connectivity index (χ2v) is 9.13. The van der Waals surface area contributed by atoms with Gasteiger partial charge < -0.3 is 4.74 Å². The minimum Gasteiger partial charge on any atom is -0.423 e. The summed E-state index contributed by atoms with van der Waals surface area (Å²) in [5.74, 6) is -2.20. The van der Waals surface area contributed by atoms with Crippen molar-refractivity contribution >= 4 is 69.2 Å². The fourth-order valence-corrected chi connectivity index (χ4v) is 3.85. The molecule has 0 atom stereocenters. The van der Waals surface area contributed by atoms with Crippen LogP contribution >= 0.6 is 27.5 Å². The molecule has 1 N–H and O–H groups in total. The predicted octanol–water partition coefficient (Wildman–Crippen LogP) is 5.70. The number of nitrogens with zero attached hydrogens (tertiary/aromatic N) is 1. The topological polar surface area (TPSA) is 92.8 Å². The molecule has 1 aliphatic rings. The number of anilines is 1. The summed E-state index contributed by atoms with van der Waals surface area (Å²) >= 11 is 9.22. The van der Waals surface area contributed by atoms with Crippen molar-refractivity contribution < 1.29 is 23.9 Å². The quantitative estimate of drug-likeness (QED) is 0.186. The largest absolute Gasteiger partial charge is 0.423 e. The first-order chi connectivity index (χ1) is 17.2. The molecule has 1 saturated heterocycles. The van der Waals surface area contributed by atoms with Gasteiger partial charge in [0.25, 0.3) is 11.8 Å². The lowest BCUT2D eigenvalue weighted by Crippen LogP contribution is -2.54. The number of ether oxygens (including phenoxy) is 1. The Morgan fingerprint density at radius 1 is 1.00 bits per heavy atom. The number of nitrogens with one attached hydrogen (secondary N) is 1. The number of hydrogen-bond donors (Lipinski definition) is 1. The minimum absolute atomic E-state index is 0.121. The molecule has 0 aromatic heterocycles. The summed E-state index contributed by atoms with van der Waals surface area (Å²) in [4.78, 5) is 51.5. The maximum atomic E-state index is 13.2. The third-order valence-corrected chi connectivity index (χ3v) is 5.90. The van der Waals surface area contributed by atoms with Crippen LogP contribution in [0.3, 0.4) is 0 Å². The van der Waals surface area contributed by atoms with E-state index in [1.807, 2.05) is 6.92 Å². The molecule has 1 fully saturated rings. The first-order valence-electron chi connectivity index (χ1n) is 10.6. The number of imide groups is 2. The molecule has 1 aliphatic heterocycles. The van der Waals surface area contributed by atoms with E-state index < -0.39 is 23.8 Å². The van der Waals surface area contributed by atoms with E-state index in [9.17, 15) is 19.2 Å². The zero-order valence-corrected chi connectivity index (χ0v) is 21.2. The van der Waals surface area contributed by atoms with Crippen LogP contribution < -0.4 is 15.0 Å². The average Bonchev–Trinajstić information content (AvgIpc) is 2.84. The van der Waals surface area contributed by atoms with E-state index in [-0.39, 0.29) is 16.9 Å². The molecule has 4 amide bonds. The van der Waals surface area contributed by atoms with Gasteiger partial charge in [-0.1, -0.05) is 57.4 Å². The van der Waals surface area contributed by atoms with Gasteiger partial charge in [0.2, 0.25) is 0 Å². The van der Waals surface area contributed by atoms with Crippen LogP contribution in [-0.4, -0.2) is 23.8 Å². The summed E-state index contributed by atoms with van der Waals surface area (Å²) < 4.78 is 6.09. The summed E-state index contributed by atoms with van der Waals surface area (Å²) in [6, 6.07) is 17.5. The second-order valence-electron chi connectivity index (χ2n) is 7.78. The van der Waals surface area contributed by atoms with Gasteiger partial charge in [0, 0.05) is 21.1 Å². The van der Waals surface area contributed by atoms with E-state index in [1.54, 1.807) is 66.7 Å². The predicted molar refractivity (Wildman–Crippen MR) is 140 cm³/mol. The number of barbiturate groups is 1. The molecule has 0 saturated carbocycles. The van der Waals surface area contributed by atoms with E-state index >= 15 is 0 Å². The Balaban J connectivity index is 1.62. The maximum Gasteiger partial charge on any atom is 0.336 e. The van der Waals surface area contributed by atoms with Gasteiger partial charge in [-0.3, -0.25) is 14.9 Å². The number of amides is 4. The van der Waals surface area contributed by atoms with Crippen LogP contribution in [0.5, 0.6) is 5.75 Å². The number of esters is 1. The summed E-state index contributed by atoms with van der Waals surface area (Å²) in [5, 5.41) is 2.75. The maximum absolute atomic E-state index is 13.2. The van der Waals surface area contributed by atoms with Crippen molar-refractivity contribution in [3.8, 4) is 5.75 Å². The first kappa shape index (κ1) is 25.1. The fourth-order valence-electron chi connectivity index (χ4n) is 3.35. The van der Waals surface area contributed by atoms with Gasteiger partial charge in [0.15, 0.2) is 0 Å². The zero-order valence-electron chi connectivity index (χ0n) is 18.8. The normalized spacial score (nSPS) is 14.9. The first-order valence-corrected chi connectivity index (χ1v) is 11.8. The van der Waals surface area contributed by atoms with Gasteiger partial charge in [-0.25, -0.2) is 14.5 Å². The van der Waals surface area contributed by atoms with Crippen molar-refractivity contribution in [2.75, 3.05) is 4.90 Å². The molecule has 9 heteroatoms. The third-order valence-electron chi connectivity index (χ3n) is 5.16. The molecule has 0 radical (unpaired) electrons. The Morgan fingerprint density at radius 2 is 1.69 bits per heavy atom. The molecule has 0 spiro atoms. The Morgan fingerprint density at radius 3 is 2.39 bits per heavy atom. The number of carbonyl (C=O) groups excluding carboxylic acids is 4. The number of benzene rings is 3. The van der Waals surface area contributed by atoms with E-state index in [0.29, 0.717) is 15.2 Å². The number of rotatable bonds is 5. The van der Waals surface area contributed by atoms with E-state index in [0.717, 1.165) is 16.0 Å². The standard InChI is InChI=1S/C27H18BrClN2O5/c1-16-2-10-21(11-3-16)31-26(34)22(25(33)30-27(31)35)15-18-14-19(28)7-12-23(18)36-24(32)13-6-17-4-8-20(29)9-5-17/h2-15H,1H3,(H,30,33,35)/b13-6+,22-15-. The van der Waals surface area contributed by atoms with Crippen LogP contribution in [0.2, 0.25) is 5.02 Å². The van der Waals surface area contributed by atoms with Crippen molar-refractivity contribution in [1.29, 1.82) is 0 Å². The van der Waals surface area contributed by atoms with Crippen LogP contribution in [0, 0.1) is 6.92 Å². The molecule has 1 heterocycles. The summed E-state index contributed by atoms with van der Waals surface area (Å²) in [6.07, 6.45) is 4.10. The van der Waals surface area contributed by atoms with Crippen molar-refractivity contribution in [2.45, 2.75) is 6.92 Å². The number of carbonyl (C=O) groups is 4. The van der Waals surface area contributed by atoms with Crippen LogP contribution in [0.1, 0.15) is 16.7 Å². The highest BCUT2D eigenvalue weighted by Crippen LogP contribution is 2.28. The minimum atomic E-state index is -0.853. The van der Waals surface area contributed by atoms with Gasteiger partial charge in [0.1, 0.15) is 11.3 Å². The molecular weight excluding hydrogens is 548 g/mol. The van der Waals surface area contributed by atoms with Gasteiger partial charge in [-0.15, -0.1) is 0 Å². The highest BCUT2D eigenvalue weighted by molar-refractivity contribution is 9.10. The molecule has 3 aromatic carbocycles.